The van der Waals surface area contributed by atoms with E-state index in [1.54, 1.807) is 0 Å². The molecule has 0 aliphatic heterocycles. The fourth-order valence-electron chi connectivity index (χ4n) is 3.91. The number of hydrogen-bond donors (Lipinski definition) is 3. The number of unbranched alkanes of at least 4 members (excludes halogenated alkanes) is 9. The van der Waals surface area contributed by atoms with Crippen molar-refractivity contribution < 1.29 is 0 Å². The molecule has 27 heavy (non-hydrogen) atoms. The molecule has 0 aromatic heterocycles. The maximum atomic E-state index is 5.67. The van der Waals surface area contributed by atoms with Gasteiger partial charge in [-0.05, 0) is 83.6 Å². The molecule has 0 saturated heterocycles. The number of nitrogens with two attached hydrogens (primary N) is 3. The fourth-order valence-corrected chi connectivity index (χ4v) is 3.91. The summed E-state index contributed by atoms with van der Waals surface area (Å²) in [4.78, 5) is 2.76. The van der Waals surface area contributed by atoms with Gasteiger partial charge in [-0.3, -0.25) is 0 Å². The lowest BCUT2D eigenvalue weighted by atomic mass is 9.94. The van der Waals surface area contributed by atoms with Crippen LogP contribution in [0.4, 0.5) is 0 Å². The molecular formula is C23H52N4. The van der Waals surface area contributed by atoms with Gasteiger partial charge < -0.3 is 22.1 Å². The van der Waals surface area contributed by atoms with Crippen molar-refractivity contribution in [3.05, 3.63) is 0 Å². The van der Waals surface area contributed by atoms with Crippen molar-refractivity contribution in [3.8, 4) is 0 Å². The van der Waals surface area contributed by atoms with Gasteiger partial charge in [0.2, 0.25) is 0 Å². The highest BCUT2D eigenvalue weighted by molar-refractivity contribution is 4.68. The minimum Gasteiger partial charge on any atom is -0.330 e. The molecule has 0 aliphatic carbocycles. The Kier molecular flexibility index (Phi) is 22.0. The van der Waals surface area contributed by atoms with E-state index in [2.05, 4.69) is 11.8 Å². The Bertz CT molecular complexity index is 273. The normalized spacial score (nSPS) is 12.8. The van der Waals surface area contributed by atoms with Gasteiger partial charge in [-0.1, -0.05) is 58.3 Å². The summed E-state index contributed by atoms with van der Waals surface area (Å²) >= 11 is 0. The second-order valence-electron chi connectivity index (χ2n) is 8.35. The second kappa shape index (κ2) is 22.1. The van der Waals surface area contributed by atoms with E-state index < -0.39 is 0 Å². The van der Waals surface area contributed by atoms with Gasteiger partial charge in [0.25, 0.3) is 0 Å². The van der Waals surface area contributed by atoms with Crippen LogP contribution in [0.5, 0.6) is 0 Å². The lowest BCUT2D eigenvalue weighted by Gasteiger charge is -2.28. The third-order valence-corrected chi connectivity index (χ3v) is 5.66. The van der Waals surface area contributed by atoms with Crippen molar-refractivity contribution in [3.63, 3.8) is 0 Å². The molecule has 4 heteroatoms. The van der Waals surface area contributed by atoms with Gasteiger partial charge in [0.05, 0.1) is 0 Å². The molecule has 6 N–H and O–H groups in total. The average Bonchev–Trinajstić information content (AvgIpc) is 2.68. The van der Waals surface area contributed by atoms with Crippen molar-refractivity contribution in [1.82, 2.24) is 4.90 Å². The van der Waals surface area contributed by atoms with Crippen molar-refractivity contribution in [2.24, 2.45) is 23.1 Å². The van der Waals surface area contributed by atoms with Gasteiger partial charge in [0, 0.05) is 6.54 Å². The summed E-state index contributed by atoms with van der Waals surface area (Å²) in [5.41, 5.74) is 17.0. The van der Waals surface area contributed by atoms with E-state index in [0.29, 0.717) is 0 Å². The van der Waals surface area contributed by atoms with E-state index in [1.165, 1.54) is 116 Å². The SMILES string of the molecule is CCCCCC(CCCCCN)CN(CCCCCN)CCCCCCN. The molecule has 0 saturated carbocycles. The van der Waals surface area contributed by atoms with E-state index in [4.69, 9.17) is 17.2 Å². The van der Waals surface area contributed by atoms with Gasteiger partial charge in [-0.25, -0.2) is 0 Å². The third-order valence-electron chi connectivity index (χ3n) is 5.66. The molecule has 0 fully saturated rings. The van der Waals surface area contributed by atoms with Crippen LogP contribution in [0, 0.1) is 5.92 Å². The molecule has 1 unspecified atom stereocenters. The number of hydrogen-bond acceptors (Lipinski definition) is 4. The summed E-state index contributed by atoms with van der Waals surface area (Å²) in [5.74, 6) is 0.868. The summed E-state index contributed by atoms with van der Waals surface area (Å²) in [6.07, 6.45) is 19.6. The van der Waals surface area contributed by atoms with Crippen LogP contribution in [0.2, 0.25) is 0 Å². The predicted octanol–water partition coefficient (Wildman–Crippen LogP) is 4.65. The van der Waals surface area contributed by atoms with Crippen LogP contribution in [0.25, 0.3) is 0 Å². The summed E-state index contributed by atoms with van der Waals surface area (Å²) in [7, 11) is 0. The highest BCUT2D eigenvalue weighted by Gasteiger charge is 2.14. The standard InChI is InChI=1S/C23H52N4/c1-2-3-8-15-23(16-9-6-11-18-25)22-27(21-14-7-12-19-26)20-13-5-4-10-17-24/h23H,2-22,24-26H2,1H3. The maximum Gasteiger partial charge on any atom is 0.000965 e. The smallest absolute Gasteiger partial charge is 0.000965 e. The molecule has 1 atom stereocenters. The molecular weight excluding hydrogens is 332 g/mol. The fraction of sp³-hybridized carbons (Fsp3) is 1.00. The molecule has 0 aromatic carbocycles. The van der Waals surface area contributed by atoms with E-state index in [0.717, 1.165) is 25.6 Å². The molecule has 0 rings (SSSR count). The highest BCUT2D eigenvalue weighted by Crippen LogP contribution is 2.20. The lowest BCUT2D eigenvalue weighted by molar-refractivity contribution is 0.205. The molecule has 0 bridgehead atoms. The molecule has 0 spiro atoms. The lowest BCUT2D eigenvalue weighted by Crippen LogP contribution is -2.32. The Morgan fingerprint density at radius 3 is 1.52 bits per heavy atom. The first-order chi connectivity index (χ1) is 13.3. The zero-order chi connectivity index (χ0) is 20.0. The maximum absolute atomic E-state index is 5.67. The Hall–Kier alpha value is -0.160. The minimum atomic E-state index is 0.833. The second-order valence-corrected chi connectivity index (χ2v) is 8.35. The Morgan fingerprint density at radius 2 is 1.00 bits per heavy atom. The summed E-state index contributed by atoms with van der Waals surface area (Å²) < 4.78 is 0. The van der Waals surface area contributed by atoms with Crippen molar-refractivity contribution in [1.29, 1.82) is 0 Å². The van der Waals surface area contributed by atoms with Crippen molar-refractivity contribution >= 4 is 0 Å². The van der Waals surface area contributed by atoms with Gasteiger partial charge in [0.15, 0.2) is 0 Å². The first-order valence-electron chi connectivity index (χ1n) is 12.1. The summed E-state index contributed by atoms with van der Waals surface area (Å²) in [5, 5.41) is 0. The van der Waals surface area contributed by atoms with Crippen molar-refractivity contribution in [2.75, 3.05) is 39.3 Å². The summed E-state index contributed by atoms with van der Waals surface area (Å²) in [6, 6.07) is 0. The number of nitrogens with zero attached hydrogens (tertiary/aromatic N) is 1. The topological polar surface area (TPSA) is 81.3 Å². The Labute approximate surface area is 171 Å². The first-order valence-corrected chi connectivity index (χ1v) is 12.1. The van der Waals surface area contributed by atoms with Crippen LogP contribution in [-0.4, -0.2) is 44.2 Å². The van der Waals surface area contributed by atoms with Crippen LogP contribution < -0.4 is 17.2 Å². The molecule has 0 aliphatic rings. The Morgan fingerprint density at radius 1 is 0.556 bits per heavy atom. The van der Waals surface area contributed by atoms with Crippen LogP contribution in [0.1, 0.15) is 103 Å². The van der Waals surface area contributed by atoms with Gasteiger partial charge in [-0.2, -0.15) is 0 Å². The van der Waals surface area contributed by atoms with Gasteiger partial charge in [-0.15, -0.1) is 0 Å². The Balaban J connectivity index is 4.40. The van der Waals surface area contributed by atoms with E-state index in [1.807, 2.05) is 0 Å². The zero-order valence-electron chi connectivity index (χ0n) is 18.6. The quantitative estimate of drug-likeness (QED) is 0.237. The minimum absolute atomic E-state index is 0.833. The third kappa shape index (κ3) is 18.9. The molecule has 4 nitrogen and oxygen atoms in total. The molecule has 0 heterocycles. The zero-order valence-corrected chi connectivity index (χ0v) is 18.6. The molecule has 0 amide bonds. The van der Waals surface area contributed by atoms with Crippen LogP contribution in [0.15, 0.2) is 0 Å². The van der Waals surface area contributed by atoms with Crippen LogP contribution >= 0.6 is 0 Å². The highest BCUT2D eigenvalue weighted by atomic mass is 15.1. The van der Waals surface area contributed by atoms with E-state index in [-0.39, 0.29) is 0 Å². The summed E-state index contributed by atoms with van der Waals surface area (Å²) in [6.45, 7) is 8.64. The predicted molar refractivity (Wildman–Crippen MR) is 122 cm³/mol. The molecule has 164 valence electrons. The van der Waals surface area contributed by atoms with Gasteiger partial charge in [0.1, 0.15) is 0 Å². The monoisotopic (exact) mass is 384 g/mol. The van der Waals surface area contributed by atoms with Crippen LogP contribution in [-0.2, 0) is 0 Å². The first kappa shape index (κ1) is 26.8. The average molecular weight is 385 g/mol. The van der Waals surface area contributed by atoms with Gasteiger partial charge >= 0.3 is 0 Å². The molecule has 0 aromatic rings. The number of rotatable bonds is 22. The van der Waals surface area contributed by atoms with E-state index in [9.17, 15) is 0 Å². The van der Waals surface area contributed by atoms with E-state index >= 15 is 0 Å². The largest absolute Gasteiger partial charge is 0.330 e. The van der Waals surface area contributed by atoms with Crippen molar-refractivity contribution in [2.45, 2.75) is 103 Å². The van der Waals surface area contributed by atoms with Crippen LogP contribution in [0.3, 0.4) is 0 Å². The molecule has 0 radical (unpaired) electrons.